The van der Waals surface area contributed by atoms with Gasteiger partial charge in [-0.3, -0.25) is 4.79 Å². The summed E-state index contributed by atoms with van der Waals surface area (Å²) in [4.78, 5) is 14.5. The Kier molecular flexibility index (Phi) is 6.39. The molecule has 1 amide bonds. The first-order chi connectivity index (χ1) is 8.22. The van der Waals surface area contributed by atoms with Crippen molar-refractivity contribution in [2.45, 2.75) is 50.5 Å². The summed E-state index contributed by atoms with van der Waals surface area (Å²) in [5.74, 6) is 0.155. The quantitative estimate of drug-likeness (QED) is 0.793. The molecule has 0 aromatic heterocycles. The van der Waals surface area contributed by atoms with E-state index in [0.717, 1.165) is 25.9 Å². The van der Waals surface area contributed by atoms with Gasteiger partial charge in [0.15, 0.2) is 0 Å². The Labute approximate surface area is 116 Å². The molecule has 4 nitrogen and oxygen atoms in total. The van der Waals surface area contributed by atoms with Crippen molar-refractivity contribution in [3.8, 4) is 0 Å². The number of amides is 1. The number of rotatable bonds is 1. The Hall–Kier alpha value is -0.320. The average molecular weight is 277 g/mol. The van der Waals surface area contributed by atoms with Crippen LogP contribution in [-0.2, 0) is 9.53 Å². The molecule has 106 valence electrons. The summed E-state index contributed by atoms with van der Waals surface area (Å²) < 4.78 is 5.30. The number of carbonyl (C=O) groups is 1. The van der Waals surface area contributed by atoms with Crippen molar-refractivity contribution in [3.05, 3.63) is 0 Å². The van der Waals surface area contributed by atoms with Crippen LogP contribution < -0.4 is 5.73 Å². The van der Waals surface area contributed by atoms with Gasteiger partial charge in [-0.2, -0.15) is 0 Å². The second-order valence-corrected chi connectivity index (χ2v) is 5.33. The van der Waals surface area contributed by atoms with Gasteiger partial charge in [-0.05, 0) is 25.7 Å². The molecule has 0 spiro atoms. The molecule has 0 unspecified atom stereocenters. The van der Waals surface area contributed by atoms with E-state index in [-0.39, 0.29) is 18.3 Å². The molecule has 2 aliphatic heterocycles. The Bertz CT molecular complexity index is 260. The molecule has 0 bridgehead atoms. The molecule has 0 radical (unpaired) electrons. The summed E-state index contributed by atoms with van der Waals surface area (Å²) in [7, 11) is 0. The van der Waals surface area contributed by atoms with Crippen LogP contribution in [-0.4, -0.2) is 42.6 Å². The number of ether oxygens (including phenoxy) is 1. The molecule has 2 aliphatic rings. The molecule has 2 fully saturated rings. The highest BCUT2D eigenvalue weighted by Crippen LogP contribution is 2.22. The minimum atomic E-state index is -0.655. The predicted molar refractivity (Wildman–Crippen MR) is 73.9 cm³/mol. The molecular weight excluding hydrogens is 252 g/mol. The van der Waals surface area contributed by atoms with Gasteiger partial charge in [0, 0.05) is 26.3 Å². The first-order valence-corrected chi connectivity index (χ1v) is 6.88. The number of carbonyl (C=O) groups excluding carboxylic acids is 1. The maximum atomic E-state index is 12.5. The fourth-order valence-corrected chi connectivity index (χ4v) is 2.71. The van der Waals surface area contributed by atoms with Crippen LogP contribution in [0.3, 0.4) is 0 Å². The third kappa shape index (κ3) is 3.84. The van der Waals surface area contributed by atoms with E-state index in [2.05, 4.69) is 0 Å². The first-order valence-electron chi connectivity index (χ1n) is 6.88. The first kappa shape index (κ1) is 15.7. The van der Waals surface area contributed by atoms with Crippen LogP contribution in [0.15, 0.2) is 0 Å². The fourth-order valence-electron chi connectivity index (χ4n) is 2.71. The van der Waals surface area contributed by atoms with E-state index in [1.807, 2.05) is 4.90 Å². The van der Waals surface area contributed by atoms with E-state index in [0.29, 0.717) is 26.1 Å². The monoisotopic (exact) mass is 276 g/mol. The summed E-state index contributed by atoms with van der Waals surface area (Å²) >= 11 is 0. The molecule has 0 saturated carbocycles. The zero-order chi connectivity index (χ0) is 12.1. The van der Waals surface area contributed by atoms with Gasteiger partial charge in [-0.15, -0.1) is 12.4 Å². The van der Waals surface area contributed by atoms with Crippen LogP contribution in [0.1, 0.15) is 44.9 Å². The van der Waals surface area contributed by atoms with Gasteiger partial charge in [0.25, 0.3) is 0 Å². The standard InChI is InChI=1S/C13H24N2O2.ClH/c14-13(6-10-17-11-7-13)12(16)15-8-4-2-1-3-5-9-15;/h1-11,14H2;1H. The summed E-state index contributed by atoms with van der Waals surface area (Å²) in [6.07, 6.45) is 7.37. The maximum Gasteiger partial charge on any atom is 0.242 e. The summed E-state index contributed by atoms with van der Waals surface area (Å²) in [5.41, 5.74) is 5.60. The van der Waals surface area contributed by atoms with E-state index in [4.69, 9.17) is 10.5 Å². The number of nitrogens with zero attached hydrogens (tertiary/aromatic N) is 1. The van der Waals surface area contributed by atoms with Gasteiger partial charge in [-0.25, -0.2) is 0 Å². The summed E-state index contributed by atoms with van der Waals surface area (Å²) in [6.45, 7) is 3.02. The molecule has 18 heavy (non-hydrogen) atoms. The summed E-state index contributed by atoms with van der Waals surface area (Å²) in [5, 5.41) is 0. The van der Waals surface area contributed by atoms with Crippen LogP contribution in [0.4, 0.5) is 0 Å². The van der Waals surface area contributed by atoms with Gasteiger partial charge in [0.1, 0.15) is 0 Å². The maximum absolute atomic E-state index is 12.5. The van der Waals surface area contributed by atoms with Gasteiger partial charge in [0.05, 0.1) is 5.54 Å². The third-order valence-electron chi connectivity index (χ3n) is 3.95. The van der Waals surface area contributed by atoms with Crippen LogP contribution in [0.2, 0.25) is 0 Å². The normalized spacial score (nSPS) is 24.6. The van der Waals surface area contributed by atoms with E-state index in [1.54, 1.807) is 0 Å². The zero-order valence-corrected chi connectivity index (χ0v) is 11.8. The summed E-state index contributed by atoms with van der Waals surface area (Å²) in [6, 6.07) is 0. The highest BCUT2D eigenvalue weighted by molar-refractivity contribution is 5.86. The van der Waals surface area contributed by atoms with Crippen LogP contribution in [0, 0.1) is 0 Å². The lowest BCUT2D eigenvalue weighted by Crippen LogP contribution is -2.58. The van der Waals surface area contributed by atoms with Crippen molar-refractivity contribution in [2.24, 2.45) is 5.73 Å². The number of hydrogen-bond donors (Lipinski definition) is 1. The molecule has 2 heterocycles. The Morgan fingerprint density at radius 2 is 1.50 bits per heavy atom. The Morgan fingerprint density at radius 1 is 1.00 bits per heavy atom. The SMILES string of the molecule is Cl.NC1(C(=O)N2CCCCCCC2)CCOCC1. The minimum absolute atomic E-state index is 0. The van der Waals surface area contributed by atoms with E-state index in [9.17, 15) is 4.79 Å². The molecule has 0 atom stereocenters. The zero-order valence-electron chi connectivity index (χ0n) is 11.0. The molecule has 0 aromatic rings. The lowest BCUT2D eigenvalue weighted by Gasteiger charge is -2.37. The number of likely N-dealkylation sites (tertiary alicyclic amines) is 1. The number of nitrogens with two attached hydrogens (primary N) is 1. The molecule has 0 aromatic carbocycles. The van der Waals surface area contributed by atoms with Crippen molar-refractivity contribution in [2.75, 3.05) is 26.3 Å². The van der Waals surface area contributed by atoms with Crippen molar-refractivity contribution in [3.63, 3.8) is 0 Å². The molecule has 0 aliphatic carbocycles. The highest BCUT2D eigenvalue weighted by Gasteiger charge is 2.38. The average Bonchev–Trinajstić information content (AvgIpc) is 2.29. The lowest BCUT2D eigenvalue weighted by atomic mass is 9.89. The van der Waals surface area contributed by atoms with Crippen molar-refractivity contribution < 1.29 is 9.53 Å². The van der Waals surface area contributed by atoms with Crippen molar-refractivity contribution in [1.82, 2.24) is 4.90 Å². The van der Waals surface area contributed by atoms with Gasteiger partial charge < -0.3 is 15.4 Å². The van der Waals surface area contributed by atoms with Gasteiger partial charge in [0.2, 0.25) is 5.91 Å². The highest BCUT2D eigenvalue weighted by atomic mass is 35.5. The fraction of sp³-hybridized carbons (Fsp3) is 0.923. The lowest BCUT2D eigenvalue weighted by molar-refractivity contribution is -0.140. The molecule has 2 N–H and O–H groups in total. The van der Waals surface area contributed by atoms with Crippen molar-refractivity contribution >= 4 is 18.3 Å². The second-order valence-electron chi connectivity index (χ2n) is 5.33. The number of halogens is 1. The van der Waals surface area contributed by atoms with E-state index < -0.39 is 5.54 Å². The largest absolute Gasteiger partial charge is 0.381 e. The van der Waals surface area contributed by atoms with Gasteiger partial charge in [-0.1, -0.05) is 19.3 Å². The topological polar surface area (TPSA) is 55.6 Å². The van der Waals surface area contributed by atoms with E-state index in [1.165, 1.54) is 19.3 Å². The van der Waals surface area contributed by atoms with Gasteiger partial charge >= 0.3 is 0 Å². The number of hydrogen-bond acceptors (Lipinski definition) is 3. The second kappa shape index (κ2) is 7.31. The van der Waals surface area contributed by atoms with Crippen LogP contribution >= 0.6 is 12.4 Å². The minimum Gasteiger partial charge on any atom is -0.381 e. The van der Waals surface area contributed by atoms with Crippen molar-refractivity contribution in [1.29, 1.82) is 0 Å². The predicted octanol–water partition coefficient (Wildman–Crippen LogP) is 1.71. The molecule has 2 saturated heterocycles. The Balaban J connectivity index is 0.00000162. The van der Waals surface area contributed by atoms with Crippen LogP contribution in [0.5, 0.6) is 0 Å². The van der Waals surface area contributed by atoms with Crippen LogP contribution in [0.25, 0.3) is 0 Å². The molecular formula is C13H25ClN2O2. The molecule has 5 heteroatoms. The molecule has 2 rings (SSSR count). The van der Waals surface area contributed by atoms with E-state index >= 15 is 0 Å². The third-order valence-corrected chi connectivity index (χ3v) is 3.95. The Morgan fingerprint density at radius 3 is 2.06 bits per heavy atom. The smallest absolute Gasteiger partial charge is 0.242 e.